The van der Waals surface area contributed by atoms with Gasteiger partial charge in [0.2, 0.25) is 0 Å². The van der Waals surface area contributed by atoms with Gasteiger partial charge in [-0.1, -0.05) is 47.5 Å². The zero-order chi connectivity index (χ0) is 21.1. The van der Waals surface area contributed by atoms with E-state index in [2.05, 4.69) is 10.3 Å². The molecule has 0 unspecified atom stereocenters. The fourth-order valence-corrected chi connectivity index (χ4v) is 3.78. The number of hydrogen-bond acceptors (Lipinski definition) is 1. The molecule has 4 aromatic rings. The molecule has 3 nitrogen and oxygen atoms in total. The maximum atomic E-state index is 13.3. The van der Waals surface area contributed by atoms with Crippen LogP contribution in [-0.2, 0) is 12.8 Å². The molecule has 0 atom stereocenters. The Hall–Kier alpha value is -2.82. The number of H-pyrrole nitrogens is 1. The number of halogens is 3. The topological polar surface area (TPSA) is 44.9 Å². The predicted octanol–water partition coefficient (Wildman–Crippen LogP) is 6.18. The summed E-state index contributed by atoms with van der Waals surface area (Å²) in [5.41, 5.74) is 4.49. The van der Waals surface area contributed by atoms with Crippen LogP contribution in [0.15, 0.2) is 66.9 Å². The molecule has 0 aliphatic heterocycles. The van der Waals surface area contributed by atoms with Crippen LogP contribution in [0.5, 0.6) is 0 Å². The van der Waals surface area contributed by atoms with Crippen molar-refractivity contribution in [3.63, 3.8) is 0 Å². The van der Waals surface area contributed by atoms with E-state index >= 15 is 0 Å². The molecule has 0 spiro atoms. The summed E-state index contributed by atoms with van der Waals surface area (Å²) in [6, 6.07) is 17.5. The maximum absolute atomic E-state index is 13.3. The molecule has 2 N–H and O–H groups in total. The van der Waals surface area contributed by atoms with E-state index < -0.39 is 0 Å². The van der Waals surface area contributed by atoms with Gasteiger partial charge in [-0.2, -0.15) is 0 Å². The van der Waals surface area contributed by atoms with E-state index in [0.717, 1.165) is 27.6 Å². The highest BCUT2D eigenvalue weighted by Gasteiger charge is 2.09. The number of carbonyl (C=O) groups excluding carboxylic acids is 1. The van der Waals surface area contributed by atoms with Crippen LogP contribution in [0.25, 0.3) is 10.9 Å². The van der Waals surface area contributed by atoms with E-state index in [4.69, 9.17) is 23.2 Å². The van der Waals surface area contributed by atoms with Gasteiger partial charge < -0.3 is 10.3 Å². The lowest BCUT2D eigenvalue weighted by Crippen LogP contribution is -2.25. The quantitative estimate of drug-likeness (QED) is 0.369. The third-order valence-electron chi connectivity index (χ3n) is 5.00. The first-order valence-corrected chi connectivity index (χ1v) is 10.3. The molecule has 0 aliphatic carbocycles. The highest BCUT2D eigenvalue weighted by molar-refractivity contribution is 6.42. The molecule has 0 saturated heterocycles. The van der Waals surface area contributed by atoms with Crippen LogP contribution < -0.4 is 5.32 Å². The monoisotopic (exact) mass is 440 g/mol. The van der Waals surface area contributed by atoms with Crippen LogP contribution >= 0.6 is 23.2 Å². The van der Waals surface area contributed by atoms with Gasteiger partial charge in [-0.05, 0) is 65.9 Å². The lowest BCUT2D eigenvalue weighted by atomic mass is 10.0. The van der Waals surface area contributed by atoms with Gasteiger partial charge in [-0.25, -0.2) is 4.39 Å². The Morgan fingerprint density at radius 1 is 0.967 bits per heavy atom. The minimum absolute atomic E-state index is 0.131. The molecule has 0 fully saturated rings. The number of benzene rings is 3. The fraction of sp³-hybridized carbons (Fsp3) is 0.125. The lowest BCUT2D eigenvalue weighted by Gasteiger charge is -2.07. The number of hydrogen-bond donors (Lipinski definition) is 2. The average molecular weight is 441 g/mol. The Morgan fingerprint density at radius 2 is 1.73 bits per heavy atom. The van der Waals surface area contributed by atoms with Crippen molar-refractivity contribution < 1.29 is 9.18 Å². The molecule has 3 aromatic carbocycles. The third-order valence-corrected chi connectivity index (χ3v) is 5.72. The smallest absolute Gasteiger partial charge is 0.251 e. The van der Waals surface area contributed by atoms with Gasteiger partial charge in [0, 0.05) is 29.2 Å². The number of carbonyl (C=O) groups is 1. The molecule has 0 bridgehead atoms. The van der Waals surface area contributed by atoms with Crippen molar-refractivity contribution in [2.45, 2.75) is 12.8 Å². The molecule has 4 rings (SSSR count). The summed E-state index contributed by atoms with van der Waals surface area (Å²) < 4.78 is 13.3. The molecule has 6 heteroatoms. The van der Waals surface area contributed by atoms with E-state index in [1.807, 2.05) is 30.5 Å². The summed E-state index contributed by atoms with van der Waals surface area (Å²) in [6.45, 7) is 0.497. The van der Waals surface area contributed by atoms with Gasteiger partial charge in [0.15, 0.2) is 0 Å². The van der Waals surface area contributed by atoms with E-state index in [1.165, 1.54) is 12.1 Å². The zero-order valence-electron chi connectivity index (χ0n) is 16.0. The van der Waals surface area contributed by atoms with Crippen LogP contribution in [0.4, 0.5) is 4.39 Å². The lowest BCUT2D eigenvalue weighted by molar-refractivity contribution is 0.0954. The Kier molecular flexibility index (Phi) is 6.07. The predicted molar refractivity (Wildman–Crippen MR) is 120 cm³/mol. The van der Waals surface area contributed by atoms with Crippen molar-refractivity contribution in [3.8, 4) is 0 Å². The van der Waals surface area contributed by atoms with Crippen molar-refractivity contribution in [2.75, 3.05) is 6.54 Å². The van der Waals surface area contributed by atoms with E-state index in [0.29, 0.717) is 35.0 Å². The molecular weight excluding hydrogens is 422 g/mol. The minimum atomic E-state index is -0.246. The summed E-state index contributed by atoms with van der Waals surface area (Å²) in [4.78, 5) is 15.6. The van der Waals surface area contributed by atoms with Crippen LogP contribution in [0.3, 0.4) is 0 Å². The first-order valence-electron chi connectivity index (χ1n) is 9.56. The molecule has 0 aliphatic rings. The van der Waals surface area contributed by atoms with Gasteiger partial charge in [0.1, 0.15) is 5.82 Å². The first kappa shape index (κ1) is 20.5. The number of aromatic amines is 1. The van der Waals surface area contributed by atoms with Crippen molar-refractivity contribution in [1.82, 2.24) is 10.3 Å². The maximum Gasteiger partial charge on any atom is 0.251 e. The number of aromatic nitrogens is 1. The van der Waals surface area contributed by atoms with Crippen molar-refractivity contribution >= 4 is 40.0 Å². The largest absolute Gasteiger partial charge is 0.361 e. The Labute approximate surface area is 183 Å². The highest BCUT2D eigenvalue weighted by atomic mass is 35.5. The number of amides is 1. The molecule has 1 aromatic heterocycles. The molecule has 152 valence electrons. The van der Waals surface area contributed by atoms with Crippen LogP contribution in [0.1, 0.15) is 27.0 Å². The van der Waals surface area contributed by atoms with E-state index in [-0.39, 0.29) is 11.7 Å². The second-order valence-corrected chi connectivity index (χ2v) is 7.95. The number of rotatable bonds is 6. The number of fused-ring (bicyclic) bond motifs is 1. The van der Waals surface area contributed by atoms with Gasteiger partial charge >= 0.3 is 0 Å². The minimum Gasteiger partial charge on any atom is -0.361 e. The van der Waals surface area contributed by atoms with Crippen LogP contribution in [0.2, 0.25) is 10.0 Å². The highest BCUT2D eigenvalue weighted by Crippen LogP contribution is 2.29. The molecular formula is C24H19Cl2FN2O. The van der Waals surface area contributed by atoms with Crippen molar-refractivity contribution in [1.29, 1.82) is 0 Å². The Balaban J connectivity index is 1.35. The second-order valence-electron chi connectivity index (χ2n) is 7.14. The van der Waals surface area contributed by atoms with E-state index in [1.54, 1.807) is 24.3 Å². The normalized spacial score (nSPS) is 11.0. The van der Waals surface area contributed by atoms with Gasteiger partial charge in [-0.15, -0.1) is 0 Å². The van der Waals surface area contributed by atoms with E-state index in [9.17, 15) is 9.18 Å². The summed E-state index contributed by atoms with van der Waals surface area (Å²) in [5.74, 6) is -0.378. The Bertz CT molecular complexity index is 1200. The number of nitrogens with one attached hydrogen (secondary N) is 2. The standard InChI is InChI=1S/C24H19Cl2FN2O/c25-21-12-20-18(14-29-23(20)13-22(21)26)8-9-28-24(30)17-6-4-15(5-7-17)10-16-2-1-3-19(27)11-16/h1-7,11-14,29H,8-10H2,(H,28,30). The summed E-state index contributed by atoms with van der Waals surface area (Å²) in [5, 5.41) is 4.96. The Morgan fingerprint density at radius 3 is 2.50 bits per heavy atom. The fourth-order valence-electron chi connectivity index (χ4n) is 3.45. The summed E-state index contributed by atoms with van der Waals surface area (Å²) >= 11 is 12.2. The van der Waals surface area contributed by atoms with Gasteiger partial charge in [0.05, 0.1) is 10.0 Å². The van der Waals surface area contributed by atoms with Crippen molar-refractivity contribution in [3.05, 3.63) is 105 Å². The molecule has 0 saturated carbocycles. The molecule has 30 heavy (non-hydrogen) atoms. The third kappa shape index (κ3) is 4.66. The summed E-state index contributed by atoms with van der Waals surface area (Å²) in [7, 11) is 0. The molecule has 1 amide bonds. The SMILES string of the molecule is O=C(NCCc1c[nH]c2cc(Cl)c(Cl)cc12)c1ccc(Cc2cccc(F)c2)cc1. The second kappa shape index (κ2) is 8.90. The average Bonchev–Trinajstić information content (AvgIpc) is 3.10. The summed E-state index contributed by atoms with van der Waals surface area (Å²) in [6.07, 6.45) is 3.19. The van der Waals surface area contributed by atoms with Crippen LogP contribution in [-0.4, -0.2) is 17.4 Å². The van der Waals surface area contributed by atoms with Crippen LogP contribution in [0, 0.1) is 5.82 Å². The first-order chi connectivity index (χ1) is 14.5. The molecule has 1 heterocycles. The zero-order valence-corrected chi connectivity index (χ0v) is 17.5. The molecule has 0 radical (unpaired) electrons. The van der Waals surface area contributed by atoms with Crippen molar-refractivity contribution in [2.24, 2.45) is 0 Å². The van der Waals surface area contributed by atoms with Gasteiger partial charge in [0.25, 0.3) is 5.91 Å². The van der Waals surface area contributed by atoms with Gasteiger partial charge in [-0.3, -0.25) is 4.79 Å².